The first-order valence-corrected chi connectivity index (χ1v) is 16.6. The molecule has 10 aromatic rings. The van der Waals surface area contributed by atoms with Gasteiger partial charge in [0.2, 0.25) is 0 Å². The summed E-state index contributed by atoms with van der Waals surface area (Å²) in [6.45, 7) is 0. The van der Waals surface area contributed by atoms with E-state index in [-0.39, 0.29) is 0 Å². The number of furan rings is 2. The summed E-state index contributed by atoms with van der Waals surface area (Å²) in [4.78, 5) is 2.37. The van der Waals surface area contributed by atoms with Crippen molar-refractivity contribution in [2.45, 2.75) is 0 Å². The maximum atomic E-state index is 6.51. The molecule has 0 saturated carbocycles. The first-order chi connectivity index (χ1) is 24.3. The average Bonchev–Trinajstić information content (AvgIpc) is 3.75. The van der Waals surface area contributed by atoms with Crippen LogP contribution in [-0.4, -0.2) is 0 Å². The number of hydrogen-bond acceptors (Lipinski definition) is 3. The zero-order valence-electron chi connectivity index (χ0n) is 26.5. The van der Waals surface area contributed by atoms with E-state index in [0.717, 1.165) is 88.6 Å². The molecule has 0 bridgehead atoms. The van der Waals surface area contributed by atoms with E-state index >= 15 is 0 Å². The van der Waals surface area contributed by atoms with Gasteiger partial charge in [0.05, 0.1) is 16.8 Å². The highest BCUT2D eigenvalue weighted by Crippen LogP contribution is 2.46. The van der Waals surface area contributed by atoms with Crippen molar-refractivity contribution in [3.63, 3.8) is 0 Å². The molecule has 8 aromatic carbocycles. The van der Waals surface area contributed by atoms with Crippen molar-refractivity contribution in [3.05, 3.63) is 176 Å². The van der Waals surface area contributed by atoms with Crippen molar-refractivity contribution in [2.24, 2.45) is 0 Å². The van der Waals surface area contributed by atoms with Crippen molar-refractivity contribution < 1.29 is 8.83 Å². The molecule has 10 rings (SSSR count). The lowest BCUT2D eigenvalue weighted by Crippen LogP contribution is -2.11. The molecule has 49 heavy (non-hydrogen) atoms. The Kier molecular flexibility index (Phi) is 6.18. The molecule has 3 heteroatoms. The largest absolute Gasteiger partial charge is 0.456 e. The van der Waals surface area contributed by atoms with Gasteiger partial charge in [0.15, 0.2) is 0 Å². The van der Waals surface area contributed by atoms with Gasteiger partial charge in [0, 0.05) is 32.8 Å². The summed E-state index contributed by atoms with van der Waals surface area (Å²) < 4.78 is 12.9. The van der Waals surface area contributed by atoms with Crippen LogP contribution in [0.3, 0.4) is 0 Å². The molecule has 230 valence electrons. The SMILES string of the molecule is c1ccc(-c2ccccc2N(c2ccc(-c3cccc4oc5c6ccccc6ccc5c34)cc2)c2cccc3oc4ccccc4c23)cc1. The molecule has 0 saturated heterocycles. The summed E-state index contributed by atoms with van der Waals surface area (Å²) in [6, 6.07) is 61.9. The van der Waals surface area contributed by atoms with Crippen molar-refractivity contribution in [2.75, 3.05) is 4.90 Å². The minimum absolute atomic E-state index is 0.864. The molecule has 0 radical (unpaired) electrons. The molecule has 0 spiro atoms. The van der Waals surface area contributed by atoms with Crippen molar-refractivity contribution in [1.82, 2.24) is 0 Å². The third kappa shape index (κ3) is 4.37. The van der Waals surface area contributed by atoms with Crippen LogP contribution in [0, 0.1) is 0 Å². The lowest BCUT2D eigenvalue weighted by molar-refractivity contribution is 0.669. The summed E-state index contributed by atoms with van der Waals surface area (Å²) in [5, 5.41) is 6.76. The lowest BCUT2D eigenvalue weighted by atomic mass is 9.97. The van der Waals surface area contributed by atoms with Crippen LogP contribution < -0.4 is 4.90 Å². The van der Waals surface area contributed by atoms with Crippen LogP contribution >= 0.6 is 0 Å². The fraction of sp³-hybridized carbons (Fsp3) is 0. The topological polar surface area (TPSA) is 29.5 Å². The Hall–Kier alpha value is -6.58. The summed E-state index contributed by atoms with van der Waals surface area (Å²) in [6.07, 6.45) is 0. The van der Waals surface area contributed by atoms with Gasteiger partial charge in [-0.05, 0) is 70.6 Å². The Bertz CT molecular complexity index is 2830. The quantitative estimate of drug-likeness (QED) is 0.190. The second-order valence-electron chi connectivity index (χ2n) is 12.5. The summed E-state index contributed by atoms with van der Waals surface area (Å²) in [7, 11) is 0. The van der Waals surface area contributed by atoms with Gasteiger partial charge in [-0.25, -0.2) is 0 Å². The number of hydrogen-bond donors (Lipinski definition) is 0. The molecule has 2 heterocycles. The van der Waals surface area contributed by atoms with Gasteiger partial charge < -0.3 is 13.7 Å². The van der Waals surface area contributed by atoms with Crippen LogP contribution in [0.5, 0.6) is 0 Å². The van der Waals surface area contributed by atoms with Gasteiger partial charge in [-0.3, -0.25) is 0 Å². The van der Waals surface area contributed by atoms with Crippen LogP contribution in [-0.2, 0) is 0 Å². The fourth-order valence-corrected chi connectivity index (χ4v) is 7.47. The van der Waals surface area contributed by atoms with E-state index in [2.05, 4.69) is 169 Å². The van der Waals surface area contributed by atoms with Crippen molar-refractivity contribution in [1.29, 1.82) is 0 Å². The summed E-state index contributed by atoms with van der Waals surface area (Å²) >= 11 is 0. The lowest BCUT2D eigenvalue weighted by Gasteiger charge is -2.28. The van der Waals surface area contributed by atoms with Gasteiger partial charge >= 0.3 is 0 Å². The van der Waals surface area contributed by atoms with Crippen LogP contribution in [0.4, 0.5) is 17.1 Å². The molecule has 0 fully saturated rings. The van der Waals surface area contributed by atoms with Crippen molar-refractivity contribution >= 4 is 71.7 Å². The van der Waals surface area contributed by atoms with E-state index in [0.29, 0.717) is 0 Å². The predicted molar refractivity (Wildman–Crippen MR) is 204 cm³/mol. The maximum Gasteiger partial charge on any atom is 0.143 e. The fourth-order valence-electron chi connectivity index (χ4n) is 7.47. The number of para-hydroxylation sites is 2. The molecule has 3 nitrogen and oxygen atoms in total. The number of fused-ring (bicyclic) bond motifs is 8. The molecule has 0 aliphatic carbocycles. The van der Waals surface area contributed by atoms with Gasteiger partial charge in [0.1, 0.15) is 22.3 Å². The number of rotatable bonds is 5. The Labute approximate surface area is 282 Å². The van der Waals surface area contributed by atoms with Gasteiger partial charge in [-0.1, -0.05) is 127 Å². The molecule has 0 unspecified atom stereocenters. The molecule has 0 amide bonds. The third-order valence-corrected chi connectivity index (χ3v) is 9.67. The normalized spacial score (nSPS) is 11.7. The third-order valence-electron chi connectivity index (χ3n) is 9.67. The monoisotopic (exact) mass is 627 g/mol. The van der Waals surface area contributed by atoms with Crippen LogP contribution in [0.25, 0.3) is 76.9 Å². The van der Waals surface area contributed by atoms with E-state index in [1.807, 2.05) is 12.1 Å². The van der Waals surface area contributed by atoms with Crippen LogP contribution in [0.2, 0.25) is 0 Å². The number of nitrogens with zero attached hydrogens (tertiary/aromatic N) is 1. The van der Waals surface area contributed by atoms with Crippen LogP contribution in [0.1, 0.15) is 0 Å². The minimum Gasteiger partial charge on any atom is -0.456 e. The Morgan fingerprint density at radius 1 is 0.347 bits per heavy atom. The van der Waals surface area contributed by atoms with Crippen LogP contribution in [0.15, 0.2) is 185 Å². The molecular formula is C46H29NO2. The van der Waals surface area contributed by atoms with Crippen molar-refractivity contribution in [3.8, 4) is 22.3 Å². The molecule has 0 aliphatic rings. The zero-order chi connectivity index (χ0) is 32.3. The van der Waals surface area contributed by atoms with E-state index in [9.17, 15) is 0 Å². The predicted octanol–water partition coefficient (Wildman–Crippen LogP) is 13.4. The molecule has 2 aromatic heterocycles. The minimum atomic E-state index is 0.864. The highest BCUT2D eigenvalue weighted by molar-refractivity contribution is 6.19. The maximum absolute atomic E-state index is 6.51. The Morgan fingerprint density at radius 2 is 0.980 bits per heavy atom. The Morgan fingerprint density at radius 3 is 1.86 bits per heavy atom. The first-order valence-electron chi connectivity index (χ1n) is 16.6. The molecule has 0 N–H and O–H groups in total. The number of benzene rings is 8. The summed E-state index contributed by atoms with van der Waals surface area (Å²) in [5.74, 6) is 0. The summed E-state index contributed by atoms with van der Waals surface area (Å²) in [5.41, 5.74) is 11.4. The Balaban J connectivity index is 1.18. The van der Waals surface area contributed by atoms with E-state index in [4.69, 9.17) is 8.83 Å². The van der Waals surface area contributed by atoms with Gasteiger partial charge in [0.25, 0.3) is 0 Å². The van der Waals surface area contributed by atoms with E-state index in [1.54, 1.807) is 0 Å². The zero-order valence-corrected chi connectivity index (χ0v) is 26.5. The standard InChI is InChI=1S/C46H29NO2/c1-2-12-30(13-3-1)34-15-6-8-19-39(34)47(40-20-11-23-43-45(40)37-17-7-9-21-41(37)48-43)33-27-24-32(25-28-33)35-18-10-22-42-44(35)38-29-26-31-14-4-5-16-36(31)46(38)49-42/h1-29H. The average molecular weight is 628 g/mol. The van der Waals surface area contributed by atoms with Gasteiger partial charge in [-0.2, -0.15) is 0 Å². The highest BCUT2D eigenvalue weighted by atomic mass is 16.3. The number of anilines is 3. The van der Waals surface area contributed by atoms with Gasteiger partial charge in [-0.15, -0.1) is 0 Å². The van der Waals surface area contributed by atoms with E-state index in [1.165, 1.54) is 5.39 Å². The smallest absolute Gasteiger partial charge is 0.143 e. The molecule has 0 aliphatic heterocycles. The second kappa shape index (κ2) is 11.0. The van der Waals surface area contributed by atoms with E-state index < -0.39 is 0 Å². The molecular weight excluding hydrogens is 599 g/mol. The second-order valence-corrected chi connectivity index (χ2v) is 12.5. The molecule has 0 atom stereocenters. The highest BCUT2D eigenvalue weighted by Gasteiger charge is 2.22. The first kappa shape index (κ1) is 27.5.